The van der Waals surface area contributed by atoms with Gasteiger partial charge in [-0.25, -0.2) is 9.97 Å². The second-order valence-corrected chi connectivity index (χ2v) is 6.28. The van der Waals surface area contributed by atoms with Gasteiger partial charge in [0.05, 0.1) is 12.2 Å². The van der Waals surface area contributed by atoms with Crippen LogP contribution in [-0.2, 0) is 19.5 Å². The van der Waals surface area contributed by atoms with E-state index in [1.807, 2.05) is 18.3 Å². The SMILES string of the molecule is O=c1[nH]c(-c2ccc(Cl)cc2)nc2c1CCN(Cc1ncc[nH]1)C2. The Balaban J connectivity index is 1.64. The van der Waals surface area contributed by atoms with E-state index in [0.717, 1.165) is 35.7 Å². The van der Waals surface area contributed by atoms with Crippen LogP contribution in [0.3, 0.4) is 0 Å². The van der Waals surface area contributed by atoms with E-state index in [1.54, 1.807) is 18.3 Å². The van der Waals surface area contributed by atoms with Crippen molar-refractivity contribution in [2.75, 3.05) is 6.54 Å². The third kappa shape index (κ3) is 2.98. The zero-order valence-electron chi connectivity index (χ0n) is 12.9. The van der Waals surface area contributed by atoms with Crippen molar-refractivity contribution in [1.29, 1.82) is 0 Å². The maximum atomic E-state index is 12.4. The Labute approximate surface area is 143 Å². The number of hydrogen-bond acceptors (Lipinski definition) is 4. The van der Waals surface area contributed by atoms with Crippen LogP contribution in [0, 0.1) is 0 Å². The van der Waals surface area contributed by atoms with Gasteiger partial charge >= 0.3 is 0 Å². The normalized spacial score (nSPS) is 14.5. The standard InChI is InChI=1S/C17H16ClN5O/c18-12-3-1-11(2-4-12)16-21-14-9-23(10-15-19-6-7-20-15)8-5-13(14)17(24)22-16/h1-4,6-7H,5,8-10H2,(H,19,20)(H,21,22,24). The summed E-state index contributed by atoms with van der Waals surface area (Å²) >= 11 is 5.92. The molecule has 0 aliphatic carbocycles. The molecule has 0 spiro atoms. The summed E-state index contributed by atoms with van der Waals surface area (Å²) in [5.41, 5.74) is 2.41. The van der Waals surface area contributed by atoms with Gasteiger partial charge < -0.3 is 9.97 Å². The molecule has 1 aliphatic heterocycles. The Hall–Kier alpha value is -2.44. The maximum Gasteiger partial charge on any atom is 0.254 e. The van der Waals surface area contributed by atoms with Crippen LogP contribution in [-0.4, -0.2) is 31.4 Å². The van der Waals surface area contributed by atoms with E-state index in [-0.39, 0.29) is 5.56 Å². The van der Waals surface area contributed by atoms with Crippen LogP contribution in [0.15, 0.2) is 41.5 Å². The highest BCUT2D eigenvalue weighted by Crippen LogP contribution is 2.21. The first kappa shape index (κ1) is 15.1. The number of fused-ring (bicyclic) bond motifs is 1. The molecule has 2 aromatic heterocycles. The van der Waals surface area contributed by atoms with Gasteiger partial charge in [-0.05, 0) is 30.7 Å². The fraction of sp³-hybridized carbons (Fsp3) is 0.235. The number of imidazole rings is 1. The molecule has 0 unspecified atom stereocenters. The lowest BCUT2D eigenvalue weighted by Gasteiger charge is -2.26. The molecule has 0 saturated heterocycles. The minimum atomic E-state index is -0.0531. The van der Waals surface area contributed by atoms with Gasteiger partial charge in [0.25, 0.3) is 5.56 Å². The van der Waals surface area contributed by atoms with Crippen molar-refractivity contribution in [3.05, 3.63) is 69.1 Å². The number of hydrogen-bond donors (Lipinski definition) is 2. The number of benzene rings is 1. The summed E-state index contributed by atoms with van der Waals surface area (Å²) in [6.07, 6.45) is 4.25. The van der Waals surface area contributed by atoms with Crippen LogP contribution in [0.2, 0.25) is 5.02 Å². The van der Waals surface area contributed by atoms with Crippen LogP contribution in [0.1, 0.15) is 17.1 Å². The highest BCUT2D eigenvalue weighted by atomic mass is 35.5. The zero-order chi connectivity index (χ0) is 16.5. The number of nitrogens with zero attached hydrogens (tertiary/aromatic N) is 3. The largest absolute Gasteiger partial charge is 0.348 e. The first-order chi connectivity index (χ1) is 11.7. The average Bonchev–Trinajstić information content (AvgIpc) is 3.08. The summed E-state index contributed by atoms with van der Waals surface area (Å²) in [7, 11) is 0. The monoisotopic (exact) mass is 341 g/mol. The lowest BCUT2D eigenvalue weighted by Crippen LogP contribution is -2.35. The molecule has 0 fully saturated rings. The fourth-order valence-electron chi connectivity index (χ4n) is 2.97. The lowest BCUT2D eigenvalue weighted by molar-refractivity contribution is 0.235. The van der Waals surface area contributed by atoms with E-state index in [1.165, 1.54) is 0 Å². The Morgan fingerprint density at radius 3 is 2.83 bits per heavy atom. The van der Waals surface area contributed by atoms with E-state index in [4.69, 9.17) is 11.6 Å². The second kappa shape index (κ2) is 6.22. The van der Waals surface area contributed by atoms with E-state index < -0.39 is 0 Å². The molecular formula is C17H16ClN5O. The number of halogens is 1. The molecule has 122 valence electrons. The summed E-state index contributed by atoms with van der Waals surface area (Å²) in [6, 6.07) is 7.30. The van der Waals surface area contributed by atoms with E-state index in [0.29, 0.717) is 23.8 Å². The topological polar surface area (TPSA) is 77.7 Å². The molecular weight excluding hydrogens is 326 g/mol. The van der Waals surface area contributed by atoms with Gasteiger partial charge in [0.2, 0.25) is 0 Å². The number of nitrogens with one attached hydrogen (secondary N) is 2. The van der Waals surface area contributed by atoms with Gasteiger partial charge in [-0.1, -0.05) is 11.6 Å². The quantitative estimate of drug-likeness (QED) is 0.766. The summed E-state index contributed by atoms with van der Waals surface area (Å²) in [5, 5.41) is 0.656. The van der Waals surface area contributed by atoms with Crippen molar-refractivity contribution < 1.29 is 0 Å². The molecule has 0 bridgehead atoms. The zero-order valence-corrected chi connectivity index (χ0v) is 13.7. The molecule has 24 heavy (non-hydrogen) atoms. The molecule has 1 aromatic carbocycles. The van der Waals surface area contributed by atoms with Crippen molar-refractivity contribution in [2.24, 2.45) is 0 Å². The Bertz CT molecular complexity index is 902. The van der Waals surface area contributed by atoms with Crippen molar-refractivity contribution >= 4 is 11.6 Å². The minimum absolute atomic E-state index is 0.0531. The molecule has 3 heterocycles. The highest BCUT2D eigenvalue weighted by Gasteiger charge is 2.21. The van der Waals surface area contributed by atoms with Crippen LogP contribution in [0.25, 0.3) is 11.4 Å². The first-order valence-corrected chi connectivity index (χ1v) is 8.15. The summed E-state index contributed by atoms with van der Waals surface area (Å²) in [4.78, 5) is 29.6. The van der Waals surface area contributed by atoms with Gasteiger partial charge in [-0.3, -0.25) is 9.69 Å². The van der Waals surface area contributed by atoms with Crippen LogP contribution in [0.5, 0.6) is 0 Å². The highest BCUT2D eigenvalue weighted by molar-refractivity contribution is 6.30. The molecule has 0 atom stereocenters. The van der Waals surface area contributed by atoms with Crippen molar-refractivity contribution in [2.45, 2.75) is 19.5 Å². The van der Waals surface area contributed by atoms with Crippen molar-refractivity contribution in [3.8, 4) is 11.4 Å². The summed E-state index contributed by atoms with van der Waals surface area (Å²) < 4.78 is 0. The second-order valence-electron chi connectivity index (χ2n) is 5.84. The third-order valence-electron chi connectivity index (χ3n) is 4.20. The molecule has 6 nitrogen and oxygen atoms in total. The van der Waals surface area contributed by atoms with E-state index >= 15 is 0 Å². The molecule has 4 rings (SSSR count). The predicted octanol–water partition coefficient (Wildman–Crippen LogP) is 2.37. The predicted molar refractivity (Wildman–Crippen MR) is 91.7 cm³/mol. The summed E-state index contributed by atoms with van der Waals surface area (Å²) in [6.45, 7) is 2.18. The van der Waals surface area contributed by atoms with Crippen molar-refractivity contribution in [1.82, 2.24) is 24.8 Å². The number of aromatic amines is 2. The molecule has 0 radical (unpaired) electrons. The molecule has 0 saturated carbocycles. The van der Waals surface area contributed by atoms with E-state index in [9.17, 15) is 4.79 Å². The number of H-pyrrole nitrogens is 2. The smallest absolute Gasteiger partial charge is 0.254 e. The molecule has 3 aromatic rings. The minimum Gasteiger partial charge on any atom is -0.348 e. The fourth-order valence-corrected chi connectivity index (χ4v) is 3.10. The van der Waals surface area contributed by atoms with Crippen molar-refractivity contribution in [3.63, 3.8) is 0 Å². The van der Waals surface area contributed by atoms with Gasteiger partial charge in [0.15, 0.2) is 0 Å². The summed E-state index contributed by atoms with van der Waals surface area (Å²) in [5.74, 6) is 1.50. The van der Waals surface area contributed by atoms with Crippen LogP contribution < -0.4 is 5.56 Å². The van der Waals surface area contributed by atoms with Gasteiger partial charge in [0.1, 0.15) is 11.6 Å². The first-order valence-electron chi connectivity index (χ1n) is 7.77. The average molecular weight is 342 g/mol. The molecule has 0 amide bonds. The molecule has 7 heteroatoms. The van der Waals surface area contributed by atoms with Gasteiger partial charge in [-0.2, -0.15) is 0 Å². The van der Waals surface area contributed by atoms with Gasteiger partial charge in [0, 0.05) is 41.6 Å². The molecule has 2 N–H and O–H groups in total. The Morgan fingerprint density at radius 1 is 1.25 bits per heavy atom. The Morgan fingerprint density at radius 2 is 2.08 bits per heavy atom. The van der Waals surface area contributed by atoms with Gasteiger partial charge in [-0.15, -0.1) is 0 Å². The lowest BCUT2D eigenvalue weighted by atomic mass is 10.1. The molecule has 1 aliphatic rings. The van der Waals surface area contributed by atoms with Crippen LogP contribution in [0.4, 0.5) is 0 Å². The number of aromatic nitrogens is 4. The van der Waals surface area contributed by atoms with E-state index in [2.05, 4.69) is 24.8 Å². The Kier molecular flexibility index (Phi) is 3.92. The number of rotatable bonds is 3. The van der Waals surface area contributed by atoms with Crippen LogP contribution >= 0.6 is 11.6 Å². The maximum absolute atomic E-state index is 12.4. The third-order valence-corrected chi connectivity index (χ3v) is 4.45.